The lowest BCUT2D eigenvalue weighted by Crippen LogP contribution is -1.84. The van der Waals surface area contributed by atoms with Crippen molar-refractivity contribution >= 4 is 27.8 Å². The largest absolute Gasteiger partial charge is 0.375 e. The average molecular weight is 211 g/mol. The van der Waals surface area contributed by atoms with Gasteiger partial charge in [0.15, 0.2) is 5.13 Å². The smallest absolute Gasteiger partial charge is 0.180 e. The maximum atomic E-state index is 5.53. The first-order valence-corrected chi connectivity index (χ1v) is 5.55. The summed E-state index contributed by atoms with van der Waals surface area (Å²) in [5, 5.41) is 3.81. The lowest BCUT2D eigenvalue weighted by Gasteiger charge is -1.89. The van der Waals surface area contributed by atoms with Crippen LogP contribution in [0, 0.1) is 6.92 Å². The number of nitrogens with two attached hydrogens (primary N) is 1. The first kappa shape index (κ1) is 8.65. The minimum absolute atomic E-state index is 0.627. The van der Waals surface area contributed by atoms with E-state index in [9.17, 15) is 0 Å². The Morgan fingerprint density at radius 3 is 2.92 bits per heavy atom. The van der Waals surface area contributed by atoms with Crippen LogP contribution in [0.3, 0.4) is 0 Å². The Hall–Kier alpha value is -0.940. The molecule has 0 unspecified atom stereocenters. The van der Waals surface area contributed by atoms with Gasteiger partial charge in [0.25, 0.3) is 0 Å². The van der Waals surface area contributed by atoms with E-state index in [0.29, 0.717) is 5.13 Å². The Kier molecular flexibility index (Phi) is 2.28. The van der Waals surface area contributed by atoms with Crippen LogP contribution < -0.4 is 5.73 Å². The van der Waals surface area contributed by atoms with Crippen LogP contribution in [-0.2, 0) is 6.42 Å². The molecule has 2 heterocycles. The van der Waals surface area contributed by atoms with Gasteiger partial charge in [-0.15, -0.1) is 22.7 Å². The number of anilines is 1. The molecule has 0 radical (unpaired) electrons. The number of hydrogen-bond donors (Lipinski definition) is 1. The molecule has 0 aliphatic rings. The molecule has 0 bridgehead atoms. The summed E-state index contributed by atoms with van der Waals surface area (Å²) in [6.45, 7) is 2.01. The number of nitrogen functional groups attached to an aromatic ring is 1. The summed E-state index contributed by atoms with van der Waals surface area (Å²) in [4.78, 5) is 9.53. The summed E-state index contributed by atoms with van der Waals surface area (Å²) >= 11 is 3.20. The summed E-state index contributed by atoms with van der Waals surface area (Å²) in [6, 6.07) is 0. The minimum Gasteiger partial charge on any atom is -0.375 e. The SMILES string of the molecule is Cc1nc(Cc2cnc(N)s2)cs1. The molecule has 0 saturated heterocycles. The van der Waals surface area contributed by atoms with E-state index in [2.05, 4.69) is 15.3 Å². The first-order chi connectivity index (χ1) is 6.24. The second kappa shape index (κ2) is 3.43. The fourth-order valence-corrected chi connectivity index (χ4v) is 2.38. The molecule has 2 aromatic rings. The zero-order valence-corrected chi connectivity index (χ0v) is 8.78. The average Bonchev–Trinajstić information content (AvgIpc) is 2.62. The van der Waals surface area contributed by atoms with Crippen molar-refractivity contribution < 1.29 is 0 Å². The Bertz CT molecular complexity index is 367. The normalized spacial score (nSPS) is 10.5. The van der Waals surface area contributed by atoms with Crippen LogP contribution in [-0.4, -0.2) is 9.97 Å². The molecule has 2 rings (SSSR count). The van der Waals surface area contributed by atoms with E-state index in [4.69, 9.17) is 5.73 Å². The van der Waals surface area contributed by atoms with E-state index in [0.717, 1.165) is 17.1 Å². The molecule has 0 aliphatic heterocycles. The predicted molar refractivity (Wildman–Crippen MR) is 56.2 cm³/mol. The standard InChI is InChI=1S/C8H9N3S2/c1-5-11-6(4-12-5)2-7-3-10-8(9)13-7/h3-4H,2H2,1H3,(H2,9,10). The first-order valence-electron chi connectivity index (χ1n) is 3.85. The summed E-state index contributed by atoms with van der Waals surface area (Å²) in [7, 11) is 0. The van der Waals surface area contributed by atoms with Gasteiger partial charge < -0.3 is 5.73 Å². The predicted octanol–water partition coefficient (Wildman–Crippen LogP) is 2.08. The summed E-state index contributed by atoms with van der Waals surface area (Å²) in [5.74, 6) is 0. The quantitative estimate of drug-likeness (QED) is 0.827. The lowest BCUT2D eigenvalue weighted by atomic mass is 10.3. The molecule has 68 valence electrons. The highest BCUT2D eigenvalue weighted by atomic mass is 32.1. The summed E-state index contributed by atoms with van der Waals surface area (Å²) in [6.07, 6.45) is 2.66. The Morgan fingerprint density at radius 1 is 1.54 bits per heavy atom. The molecule has 0 amide bonds. The molecule has 5 heteroatoms. The molecular formula is C8H9N3S2. The topological polar surface area (TPSA) is 51.8 Å². The van der Waals surface area contributed by atoms with Crippen LogP contribution in [0.25, 0.3) is 0 Å². The van der Waals surface area contributed by atoms with Crippen LogP contribution in [0.4, 0.5) is 5.13 Å². The van der Waals surface area contributed by atoms with Crippen molar-refractivity contribution in [3.05, 3.63) is 27.2 Å². The van der Waals surface area contributed by atoms with Crippen LogP contribution in [0.2, 0.25) is 0 Å². The molecule has 2 aromatic heterocycles. The van der Waals surface area contributed by atoms with E-state index in [-0.39, 0.29) is 0 Å². The Morgan fingerprint density at radius 2 is 2.38 bits per heavy atom. The van der Waals surface area contributed by atoms with Gasteiger partial charge >= 0.3 is 0 Å². The Labute approximate surface area is 84.3 Å². The molecule has 13 heavy (non-hydrogen) atoms. The van der Waals surface area contributed by atoms with Gasteiger partial charge in [0.05, 0.1) is 10.7 Å². The second-order valence-corrected chi connectivity index (χ2v) is 4.91. The van der Waals surface area contributed by atoms with Crippen molar-refractivity contribution in [2.24, 2.45) is 0 Å². The summed E-state index contributed by atoms with van der Waals surface area (Å²) < 4.78 is 0. The lowest BCUT2D eigenvalue weighted by molar-refractivity contribution is 1.10. The van der Waals surface area contributed by atoms with Crippen molar-refractivity contribution in [3.63, 3.8) is 0 Å². The van der Waals surface area contributed by atoms with E-state index in [1.165, 1.54) is 16.2 Å². The highest BCUT2D eigenvalue weighted by Crippen LogP contribution is 2.19. The van der Waals surface area contributed by atoms with Gasteiger partial charge in [-0.1, -0.05) is 0 Å². The molecule has 0 aromatic carbocycles. The third kappa shape index (κ3) is 2.05. The molecule has 3 nitrogen and oxygen atoms in total. The fourth-order valence-electron chi connectivity index (χ4n) is 1.07. The number of aryl methyl sites for hydroxylation is 1. The van der Waals surface area contributed by atoms with Gasteiger partial charge in [0, 0.05) is 22.9 Å². The van der Waals surface area contributed by atoms with Crippen molar-refractivity contribution in [3.8, 4) is 0 Å². The minimum atomic E-state index is 0.627. The van der Waals surface area contributed by atoms with Gasteiger partial charge in [-0.05, 0) is 6.92 Å². The van der Waals surface area contributed by atoms with Gasteiger partial charge in [0.2, 0.25) is 0 Å². The Balaban J connectivity index is 2.14. The van der Waals surface area contributed by atoms with Crippen LogP contribution >= 0.6 is 22.7 Å². The zero-order valence-electron chi connectivity index (χ0n) is 7.15. The fraction of sp³-hybridized carbons (Fsp3) is 0.250. The molecule has 0 atom stereocenters. The second-order valence-electron chi connectivity index (χ2n) is 2.70. The van der Waals surface area contributed by atoms with Crippen molar-refractivity contribution in [1.82, 2.24) is 9.97 Å². The highest BCUT2D eigenvalue weighted by Gasteiger charge is 2.03. The third-order valence-corrected chi connectivity index (χ3v) is 3.24. The van der Waals surface area contributed by atoms with Crippen LogP contribution in [0.1, 0.15) is 15.6 Å². The summed E-state index contributed by atoms with van der Waals surface area (Å²) in [5.41, 5.74) is 6.63. The monoisotopic (exact) mass is 211 g/mol. The van der Waals surface area contributed by atoms with Gasteiger partial charge in [0.1, 0.15) is 0 Å². The zero-order chi connectivity index (χ0) is 9.26. The van der Waals surface area contributed by atoms with E-state index in [1.807, 2.05) is 13.1 Å². The van der Waals surface area contributed by atoms with Crippen molar-refractivity contribution in [2.75, 3.05) is 5.73 Å². The maximum absolute atomic E-state index is 5.53. The van der Waals surface area contributed by atoms with Gasteiger partial charge in [-0.25, -0.2) is 9.97 Å². The molecule has 0 spiro atoms. The van der Waals surface area contributed by atoms with Crippen LogP contribution in [0.15, 0.2) is 11.6 Å². The number of hydrogen-bond acceptors (Lipinski definition) is 5. The van der Waals surface area contributed by atoms with Crippen LogP contribution in [0.5, 0.6) is 0 Å². The number of nitrogens with zero attached hydrogens (tertiary/aromatic N) is 2. The van der Waals surface area contributed by atoms with Crippen molar-refractivity contribution in [1.29, 1.82) is 0 Å². The van der Waals surface area contributed by atoms with Gasteiger partial charge in [-0.3, -0.25) is 0 Å². The number of rotatable bonds is 2. The molecule has 0 saturated carbocycles. The maximum Gasteiger partial charge on any atom is 0.180 e. The van der Waals surface area contributed by atoms with E-state index >= 15 is 0 Å². The van der Waals surface area contributed by atoms with Gasteiger partial charge in [-0.2, -0.15) is 0 Å². The van der Waals surface area contributed by atoms with E-state index in [1.54, 1.807) is 11.3 Å². The third-order valence-electron chi connectivity index (χ3n) is 1.59. The number of thiazole rings is 2. The number of aromatic nitrogens is 2. The molecular weight excluding hydrogens is 202 g/mol. The van der Waals surface area contributed by atoms with E-state index < -0.39 is 0 Å². The molecule has 0 fully saturated rings. The molecule has 2 N–H and O–H groups in total. The molecule has 0 aliphatic carbocycles. The van der Waals surface area contributed by atoms with Crippen molar-refractivity contribution in [2.45, 2.75) is 13.3 Å². The highest BCUT2D eigenvalue weighted by molar-refractivity contribution is 7.15.